The van der Waals surface area contributed by atoms with Gasteiger partial charge in [-0.05, 0) is 20.8 Å². The number of carbonyl (C=O) groups excluding carboxylic acids is 3. The zero-order valence-corrected chi connectivity index (χ0v) is 10.0. The average Bonchev–Trinajstić information content (AvgIpc) is 2.26. The van der Waals surface area contributed by atoms with Crippen LogP contribution in [0.5, 0.6) is 0 Å². The van der Waals surface area contributed by atoms with Crippen molar-refractivity contribution in [2.75, 3.05) is 19.8 Å². The molecule has 0 saturated carbocycles. The van der Waals surface area contributed by atoms with Gasteiger partial charge in [-0.2, -0.15) is 0 Å². The molecule has 1 N–H and O–H groups in total. The lowest BCUT2D eigenvalue weighted by molar-refractivity contribution is 0.0572. The second kappa shape index (κ2) is 8.20. The van der Waals surface area contributed by atoms with E-state index in [4.69, 9.17) is 0 Å². The van der Waals surface area contributed by atoms with Crippen molar-refractivity contribution in [1.29, 1.82) is 0 Å². The Bertz CT molecular complexity index is 263. The molecule has 0 rings (SSSR count). The molecule has 0 heterocycles. The van der Waals surface area contributed by atoms with Gasteiger partial charge in [0.25, 0.3) is 0 Å². The molecule has 98 valence electrons. The summed E-state index contributed by atoms with van der Waals surface area (Å²) in [4.78, 5) is 33.7. The van der Waals surface area contributed by atoms with Crippen molar-refractivity contribution < 1.29 is 28.6 Å². The summed E-state index contributed by atoms with van der Waals surface area (Å²) in [5.74, 6) is 0. The fourth-order valence-electron chi connectivity index (χ4n) is 0.797. The SMILES string of the molecule is CCOC(=O)NN(C(=O)OCC)C(=O)OCC. The van der Waals surface area contributed by atoms with Crippen LogP contribution in [0.15, 0.2) is 0 Å². The van der Waals surface area contributed by atoms with Crippen LogP contribution in [0.2, 0.25) is 0 Å². The predicted octanol–water partition coefficient (Wildman–Crippen LogP) is 1.26. The molecule has 8 heteroatoms. The smallest absolute Gasteiger partial charge is 0.439 e. The minimum Gasteiger partial charge on any atom is -0.449 e. The lowest BCUT2D eigenvalue weighted by atomic mass is 10.8. The fourth-order valence-corrected chi connectivity index (χ4v) is 0.797. The number of rotatable bonds is 3. The predicted molar refractivity (Wildman–Crippen MR) is 56.0 cm³/mol. The monoisotopic (exact) mass is 248 g/mol. The molecule has 0 saturated heterocycles. The van der Waals surface area contributed by atoms with Crippen molar-refractivity contribution >= 4 is 18.3 Å². The Morgan fingerprint density at radius 1 is 0.882 bits per heavy atom. The lowest BCUT2D eigenvalue weighted by Gasteiger charge is -2.18. The minimum absolute atomic E-state index is 0.0548. The van der Waals surface area contributed by atoms with Gasteiger partial charge in [0.2, 0.25) is 0 Å². The number of nitrogens with zero attached hydrogens (tertiary/aromatic N) is 1. The maximum atomic E-state index is 11.3. The third kappa shape index (κ3) is 5.59. The van der Waals surface area contributed by atoms with Gasteiger partial charge in [-0.1, -0.05) is 0 Å². The van der Waals surface area contributed by atoms with Crippen LogP contribution in [0.25, 0.3) is 0 Å². The first-order valence-electron chi connectivity index (χ1n) is 5.13. The van der Waals surface area contributed by atoms with Crippen molar-refractivity contribution in [3.05, 3.63) is 0 Å². The number of amides is 3. The quantitative estimate of drug-likeness (QED) is 0.597. The first-order valence-corrected chi connectivity index (χ1v) is 5.13. The molecule has 3 amide bonds. The average molecular weight is 248 g/mol. The largest absolute Gasteiger partial charge is 0.449 e. The number of hydrogen-bond donors (Lipinski definition) is 1. The molecule has 0 fully saturated rings. The molecule has 0 aliphatic carbocycles. The molecule has 0 unspecified atom stereocenters. The van der Waals surface area contributed by atoms with E-state index in [0.717, 1.165) is 0 Å². The number of nitrogens with one attached hydrogen (secondary N) is 1. The van der Waals surface area contributed by atoms with Crippen LogP contribution in [-0.2, 0) is 14.2 Å². The van der Waals surface area contributed by atoms with Crippen LogP contribution in [0, 0.1) is 0 Å². The molecule has 0 aliphatic heterocycles. The van der Waals surface area contributed by atoms with Gasteiger partial charge in [0, 0.05) is 0 Å². The van der Waals surface area contributed by atoms with E-state index in [1.54, 1.807) is 20.8 Å². The summed E-state index contributed by atoms with van der Waals surface area (Å²) in [6.45, 7) is 4.92. The second-order valence-corrected chi connectivity index (χ2v) is 2.57. The molecule has 0 aromatic carbocycles. The summed E-state index contributed by atoms with van der Waals surface area (Å²) in [6, 6.07) is 0. The van der Waals surface area contributed by atoms with Gasteiger partial charge in [-0.15, -0.1) is 5.01 Å². The zero-order valence-electron chi connectivity index (χ0n) is 10.0. The van der Waals surface area contributed by atoms with E-state index in [1.807, 2.05) is 5.43 Å². The van der Waals surface area contributed by atoms with E-state index in [0.29, 0.717) is 5.01 Å². The summed E-state index contributed by atoms with van der Waals surface area (Å²) in [7, 11) is 0. The highest BCUT2D eigenvalue weighted by Crippen LogP contribution is 1.96. The van der Waals surface area contributed by atoms with Gasteiger partial charge in [0.15, 0.2) is 0 Å². The van der Waals surface area contributed by atoms with Gasteiger partial charge in [0.1, 0.15) is 0 Å². The van der Waals surface area contributed by atoms with Crippen molar-refractivity contribution in [3.8, 4) is 0 Å². The summed E-state index contributed by atoms with van der Waals surface area (Å²) >= 11 is 0. The minimum atomic E-state index is -1.04. The second-order valence-electron chi connectivity index (χ2n) is 2.57. The zero-order chi connectivity index (χ0) is 13.3. The van der Waals surface area contributed by atoms with Crippen molar-refractivity contribution in [2.24, 2.45) is 0 Å². The Balaban J connectivity index is 4.55. The van der Waals surface area contributed by atoms with E-state index in [2.05, 4.69) is 14.2 Å². The van der Waals surface area contributed by atoms with E-state index in [1.165, 1.54) is 0 Å². The van der Waals surface area contributed by atoms with Crippen molar-refractivity contribution in [3.63, 3.8) is 0 Å². The fraction of sp³-hybridized carbons (Fsp3) is 0.667. The maximum absolute atomic E-state index is 11.3. The number of hydrazine groups is 1. The first-order chi connectivity index (χ1) is 8.06. The maximum Gasteiger partial charge on any atom is 0.439 e. The van der Waals surface area contributed by atoms with Crippen LogP contribution in [-0.4, -0.2) is 43.1 Å². The topological polar surface area (TPSA) is 94.2 Å². The van der Waals surface area contributed by atoms with Crippen molar-refractivity contribution in [1.82, 2.24) is 10.4 Å². The lowest BCUT2D eigenvalue weighted by Crippen LogP contribution is -2.50. The molecule has 8 nitrogen and oxygen atoms in total. The Kier molecular flexibility index (Phi) is 7.24. The number of ether oxygens (including phenoxy) is 3. The van der Waals surface area contributed by atoms with Crippen LogP contribution in [0.4, 0.5) is 14.4 Å². The van der Waals surface area contributed by atoms with Gasteiger partial charge in [0.05, 0.1) is 19.8 Å². The normalized spacial score (nSPS) is 9.12. The molecule has 0 aromatic heterocycles. The highest BCUT2D eigenvalue weighted by atomic mass is 16.6. The standard InChI is InChI=1S/C9H16N2O6/c1-4-15-7(12)10-11(8(13)16-5-2)9(14)17-6-3/h4-6H2,1-3H3,(H,10,12). The Morgan fingerprint density at radius 2 is 1.29 bits per heavy atom. The van der Waals surface area contributed by atoms with Gasteiger partial charge >= 0.3 is 18.3 Å². The molecule has 0 aromatic rings. The summed E-state index contributed by atoms with van der Waals surface area (Å²) in [6.07, 6.45) is -3.04. The molecular weight excluding hydrogens is 232 g/mol. The number of hydrogen-bond acceptors (Lipinski definition) is 6. The third-order valence-corrected chi connectivity index (χ3v) is 1.38. The Hall–Kier alpha value is -1.99. The summed E-state index contributed by atoms with van der Waals surface area (Å²) < 4.78 is 13.7. The van der Waals surface area contributed by atoms with Gasteiger partial charge in [-0.25, -0.2) is 19.8 Å². The van der Waals surface area contributed by atoms with E-state index in [-0.39, 0.29) is 19.8 Å². The molecule has 0 aliphatic rings. The summed E-state index contributed by atoms with van der Waals surface area (Å²) in [5.41, 5.74) is 1.91. The van der Waals surface area contributed by atoms with Crippen LogP contribution < -0.4 is 5.43 Å². The van der Waals surface area contributed by atoms with Crippen LogP contribution >= 0.6 is 0 Å². The molecule has 0 bridgehead atoms. The molecule has 0 radical (unpaired) electrons. The first kappa shape index (κ1) is 15.0. The van der Waals surface area contributed by atoms with Crippen LogP contribution in [0.3, 0.4) is 0 Å². The number of carbonyl (C=O) groups is 3. The highest BCUT2D eigenvalue weighted by Gasteiger charge is 2.26. The molecule has 0 atom stereocenters. The molecule has 17 heavy (non-hydrogen) atoms. The molecule has 0 spiro atoms. The summed E-state index contributed by atoms with van der Waals surface area (Å²) in [5, 5.41) is 0.311. The highest BCUT2D eigenvalue weighted by molar-refractivity contribution is 5.89. The van der Waals surface area contributed by atoms with Gasteiger partial charge in [-0.3, -0.25) is 0 Å². The third-order valence-electron chi connectivity index (χ3n) is 1.38. The van der Waals surface area contributed by atoms with E-state index >= 15 is 0 Å². The van der Waals surface area contributed by atoms with Crippen molar-refractivity contribution in [2.45, 2.75) is 20.8 Å². The van der Waals surface area contributed by atoms with E-state index < -0.39 is 18.3 Å². The van der Waals surface area contributed by atoms with E-state index in [9.17, 15) is 14.4 Å². The van der Waals surface area contributed by atoms with Crippen LogP contribution in [0.1, 0.15) is 20.8 Å². The number of imide groups is 1. The molecular formula is C9H16N2O6. The van der Waals surface area contributed by atoms with Gasteiger partial charge < -0.3 is 14.2 Å². The Labute approximate surface area is 98.8 Å². The Morgan fingerprint density at radius 3 is 1.65 bits per heavy atom.